The molecule has 1 saturated carbocycles. The maximum atomic E-state index is 11.7. The summed E-state index contributed by atoms with van der Waals surface area (Å²) in [6, 6.07) is 12.4. The molecule has 1 fully saturated rings. The summed E-state index contributed by atoms with van der Waals surface area (Å²) in [6.45, 7) is 2.15. The van der Waals surface area contributed by atoms with Crippen molar-refractivity contribution in [1.29, 1.82) is 0 Å². The van der Waals surface area contributed by atoms with E-state index in [-0.39, 0.29) is 11.8 Å². The summed E-state index contributed by atoms with van der Waals surface area (Å²) in [5.74, 6) is 0.393. The average molecular weight is 286 g/mol. The highest BCUT2D eigenvalue weighted by Gasteiger charge is 2.29. The lowest BCUT2D eigenvalue weighted by Crippen LogP contribution is -2.13. The molecule has 0 saturated heterocycles. The molecule has 1 atom stereocenters. The highest BCUT2D eigenvalue weighted by atomic mass is 32.1. The Morgan fingerprint density at radius 2 is 1.90 bits per heavy atom. The van der Waals surface area contributed by atoms with Gasteiger partial charge in [0, 0.05) is 22.2 Å². The first-order valence-electron chi connectivity index (χ1n) is 6.93. The summed E-state index contributed by atoms with van der Waals surface area (Å²) in [5, 5.41) is 8.49. The number of hydrogen-bond donors (Lipinski definition) is 2. The van der Waals surface area contributed by atoms with Crippen molar-refractivity contribution in [2.75, 3.05) is 10.6 Å². The summed E-state index contributed by atoms with van der Waals surface area (Å²) in [4.78, 5) is 13.0. The van der Waals surface area contributed by atoms with E-state index in [0.29, 0.717) is 6.04 Å². The lowest BCUT2D eigenvalue weighted by molar-refractivity contribution is -0.117. The molecule has 1 amide bonds. The number of carbonyl (C=O) groups is 1. The molecule has 1 aromatic heterocycles. The van der Waals surface area contributed by atoms with Crippen molar-refractivity contribution < 1.29 is 4.79 Å². The second-order valence-corrected chi connectivity index (χ2v) is 6.20. The smallest absolute Gasteiger partial charge is 0.227 e. The fraction of sp³-hybridized carbons (Fsp3) is 0.312. The minimum absolute atomic E-state index is 0.151. The van der Waals surface area contributed by atoms with Gasteiger partial charge in [-0.2, -0.15) is 0 Å². The molecule has 104 valence electrons. The Bertz CT molecular complexity index is 573. The molecule has 1 aromatic carbocycles. The minimum atomic E-state index is 0.151. The summed E-state index contributed by atoms with van der Waals surface area (Å²) >= 11 is 1.75. The lowest BCUT2D eigenvalue weighted by atomic mass is 10.2. The first-order chi connectivity index (χ1) is 9.72. The zero-order valence-electron chi connectivity index (χ0n) is 11.4. The van der Waals surface area contributed by atoms with E-state index in [9.17, 15) is 4.79 Å². The second-order valence-electron chi connectivity index (χ2n) is 5.22. The Kier molecular flexibility index (Phi) is 3.74. The maximum absolute atomic E-state index is 11.7. The van der Waals surface area contributed by atoms with Crippen LogP contribution < -0.4 is 10.6 Å². The molecule has 0 bridgehead atoms. The normalized spacial score (nSPS) is 15.7. The van der Waals surface area contributed by atoms with Gasteiger partial charge in [-0.15, -0.1) is 11.3 Å². The molecular weight excluding hydrogens is 268 g/mol. The highest BCUT2D eigenvalue weighted by molar-refractivity contribution is 7.10. The summed E-state index contributed by atoms with van der Waals surface area (Å²) in [5.41, 5.74) is 1.94. The van der Waals surface area contributed by atoms with Crippen LogP contribution in [-0.4, -0.2) is 5.91 Å². The molecular formula is C16H18N2OS. The van der Waals surface area contributed by atoms with Gasteiger partial charge in [-0.25, -0.2) is 0 Å². The molecule has 0 aliphatic heterocycles. The van der Waals surface area contributed by atoms with Crippen LogP contribution in [0.2, 0.25) is 0 Å². The van der Waals surface area contributed by atoms with Crippen LogP contribution in [0.3, 0.4) is 0 Å². The molecule has 1 unspecified atom stereocenters. The number of benzene rings is 1. The molecule has 0 spiro atoms. The zero-order chi connectivity index (χ0) is 13.9. The van der Waals surface area contributed by atoms with Crippen LogP contribution in [-0.2, 0) is 4.79 Å². The largest absolute Gasteiger partial charge is 0.378 e. The van der Waals surface area contributed by atoms with Gasteiger partial charge in [-0.3, -0.25) is 4.79 Å². The van der Waals surface area contributed by atoms with Gasteiger partial charge in [0.25, 0.3) is 0 Å². The van der Waals surface area contributed by atoms with Gasteiger partial charge in [0.15, 0.2) is 0 Å². The van der Waals surface area contributed by atoms with Gasteiger partial charge in [0.2, 0.25) is 5.91 Å². The van der Waals surface area contributed by atoms with Crippen molar-refractivity contribution in [1.82, 2.24) is 0 Å². The second kappa shape index (κ2) is 5.67. The van der Waals surface area contributed by atoms with Crippen LogP contribution >= 0.6 is 11.3 Å². The Morgan fingerprint density at radius 3 is 2.50 bits per heavy atom. The van der Waals surface area contributed by atoms with Gasteiger partial charge in [0.05, 0.1) is 6.04 Å². The molecule has 2 N–H and O–H groups in total. The van der Waals surface area contributed by atoms with Gasteiger partial charge < -0.3 is 10.6 Å². The summed E-state index contributed by atoms with van der Waals surface area (Å²) in [7, 11) is 0. The van der Waals surface area contributed by atoms with Crippen LogP contribution in [0.15, 0.2) is 41.8 Å². The van der Waals surface area contributed by atoms with Crippen LogP contribution in [0.1, 0.15) is 30.7 Å². The molecule has 0 radical (unpaired) electrons. The molecule has 1 aliphatic carbocycles. The number of nitrogens with one attached hydrogen (secondary N) is 2. The van der Waals surface area contributed by atoms with Crippen LogP contribution in [0, 0.1) is 5.92 Å². The third-order valence-corrected chi connectivity index (χ3v) is 4.51. The van der Waals surface area contributed by atoms with Crippen LogP contribution in [0.4, 0.5) is 11.4 Å². The van der Waals surface area contributed by atoms with Crippen molar-refractivity contribution in [3.8, 4) is 0 Å². The van der Waals surface area contributed by atoms with Gasteiger partial charge in [-0.1, -0.05) is 6.07 Å². The molecule has 3 rings (SSSR count). The Morgan fingerprint density at radius 1 is 1.20 bits per heavy atom. The van der Waals surface area contributed by atoms with Crippen molar-refractivity contribution >= 4 is 28.6 Å². The average Bonchev–Trinajstić information content (AvgIpc) is 3.16. The first-order valence-corrected chi connectivity index (χ1v) is 7.81. The van der Waals surface area contributed by atoms with E-state index in [2.05, 4.69) is 35.1 Å². The van der Waals surface area contributed by atoms with E-state index in [1.54, 1.807) is 11.3 Å². The standard InChI is InChI=1S/C16H18N2OS/c1-11(15-3-2-10-20-15)17-13-6-8-14(9-7-13)18-16(19)12-4-5-12/h2-3,6-12,17H,4-5H2,1H3,(H,18,19). The van der Waals surface area contributed by atoms with E-state index in [0.717, 1.165) is 24.2 Å². The van der Waals surface area contributed by atoms with E-state index >= 15 is 0 Å². The molecule has 20 heavy (non-hydrogen) atoms. The minimum Gasteiger partial charge on any atom is -0.378 e. The summed E-state index contributed by atoms with van der Waals surface area (Å²) in [6.07, 6.45) is 2.06. The van der Waals surface area contributed by atoms with Gasteiger partial charge in [0.1, 0.15) is 0 Å². The third-order valence-electron chi connectivity index (χ3n) is 3.45. The first kappa shape index (κ1) is 13.2. The molecule has 1 heterocycles. The summed E-state index contributed by atoms with van der Waals surface area (Å²) < 4.78 is 0. The topological polar surface area (TPSA) is 41.1 Å². The van der Waals surface area contributed by atoms with Crippen LogP contribution in [0.25, 0.3) is 0 Å². The Hall–Kier alpha value is -1.81. The van der Waals surface area contributed by atoms with E-state index in [1.807, 2.05) is 24.3 Å². The predicted molar refractivity (Wildman–Crippen MR) is 84.2 cm³/mol. The Balaban J connectivity index is 1.59. The van der Waals surface area contributed by atoms with Crippen molar-refractivity contribution in [3.63, 3.8) is 0 Å². The van der Waals surface area contributed by atoms with Gasteiger partial charge >= 0.3 is 0 Å². The fourth-order valence-corrected chi connectivity index (χ4v) is 2.83. The Labute approximate surface area is 123 Å². The van der Waals surface area contributed by atoms with Crippen molar-refractivity contribution in [2.24, 2.45) is 5.92 Å². The number of anilines is 2. The van der Waals surface area contributed by atoms with Gasteiger partial charge in [-0.05, 0) is 55.5 Å². The monoisotopic (exact) mass is 286 g/mol. The highest BCUT2D eigenvalue weighted by Crippen LogP contribution is 2.30. The van der Waals surface area contributed by atoms with Crippen molar-refractivity contribution in [2.45, 2.75) is 25.8 Å². The number of thiophene rings is 1. The van der Waals surface area contributed by atoms with E-state index in [1.165, 1.54) is 4.88 Å². The lowest BCUT2D eigenvalue weighted by Gasteiger charge is -2.14. The molecule has 3 nitrogen and oxygen atoms in total. The number of amides is 1. The SMILES string of the molecule is CC(Nc1ccc(NC(=O)C2CC2)cc1)c1cccs1. The molecule has 4 heteroatoms. The quantitative estimate of drug-likeness (QED) is 0.861. The number of rotatable bonds is 5. The maximum Gasteiger partial charge on any atom is 0.227 e. The van der Waals surface area contributed by atoms with E-state index in [4.69, 9.17) is 0 Å². The fourth-order valence-electron chi connectivity index (χ4n) is 2.10. The third kappa shape index (κ3) is 3.20. The number of carbonyl (C=O) groups excluding carboxylic acids is 1. The number of hydrogen-bond acceptors (Lipinski definition) is 3. The predicted octanol–water partition coefficient (Wildman–Crippen LogP) is 4.27. The zero-order valence-corrected chi connectivity index (χ0v) is 12.2. The molecule has 2 aromatic rings. The van der Waals surface area contributed by atoms with E-state index < -0.39 is 0 Å². The molecule has 1 aliphatic rings. The van der Waals surface area contributed by atoms with Crippen molar-refractivity contribution in [3.05, 3.63) is 46.7 Å². The van der Waals surface area contributed by atoms with Crippen LogP contribution in [0.5, 0.6) is 0 Å².